The van der Waals surface area contributed by atoms with Gasteiger partial charge >= 0.3 is 0 Å². The van der Waals surface area contributed by atoms with Gasteiger partial charge in [0.25, 0.3) is 0 Å². The molecule has 4 N–H and O–H groups in total. The molecule has 7 aliphatic rings. The Bertz CT molecular complexity index is 1030. The third-order valence-electron chi connectivity index (χ3n) is 15.0. The van der Waals surface area contributed by atoms with E-state index < -0.39 is 24.2 Å². The topological polar surface area (TPSA) is 103 Å². The number of carbonyl (C=O) groups excluding carboxylic acids is 1. The molecule has 7 fully saturated rings. The van der Waals surface area contributed by atoms with E-state index in [1.165, 1.54) is 83.5 Å². The quantitative estimate of drug-likeness (QED) is 0.176. The van der Waals surface area contributed by atoms with Crippen LogP contribution in [0.3, 0.4) is 0 Å². The van der Waals surface area contributed by atoms with Gasteiger partial charge in [-0.3, -0.25) is 9.63 Å². The third kappa shape index (κ3) is 7.84. The van der Waals surface area contributed by atoms with Crippen molar-refractivity contribution in [2.24, 2.45) is 52.8 Å². The van der Waals surface area contributed by atoms with Crippen LogP contribution in [0.25, 0.3) is 0 Å². The van der Waals surface area contributed by atoms with Crippen LogP contribution in [0.5, 0.6) is 0 Å². The zero-order chi connectivity index (χ0) is 34.0. The molecule has 13 atom stereocenters. The molecule has 1 amide bonds. The number of ether oxygens (including phenoxy) is 1. The Labute approximate surface area is 292 Å². The van der Waals surface area contributed by atoms with Gasteiger partial charge in [0, 0.05) is 37.6 Å². The van der Waals surface area contributed by atoms with Gasteiger partial charge in [0.05, 0.1) is 18.8 Å². The molecular formula is C40H71N3O5. The van der Waals surface area contributed by atoms with Gasteiger partial charge < -0.3 is 25.6 Å². The smallest absolute Gasteiger partial charge is 0.240 e. The first-order valence-electron chi connectivity index (χ1n) is 20.4. The Morgan fingerprint density at radius 2 is 1.79 bits per heavy atom. The van der Waals surface area contributed by atoms with E-state index in [4.69, 9.17) is 9.57 Å². The van der Waals surface area contributed by atoms with Crippen LogP contribution in [0.2, 0.25) is 0 Å². The molecule has 276 valence electrons. The number of amides is 1. The van der Waals surface area contributed by atoms with Crippen LogP contribution in [-0.2, 0) is 14.4 Å². The largest absolute Gasteiger partial charge is 0.394 e. The lowest BCUT2D eigenvalue weighted by Crippen LogP contribution is -2.62. The summed E-state index contributed by atoms with van der Waals surface area (Å²) >= 11 is 0. The summed E-state index contributed by atoms with van der Waals surface area (Å²) < 4.78 is 6.37. The van der Waals surface area contributed by atoms with E-state index in [0.29, 0.717) is 47.6 Å². The second kappa shape index (κ2) is 16.3. The van der Waals surface area contributed by atoms with E-state index in [1.807, 2.05) is 12.2 Å². The SMILES string of the molecule is COC1C(CN2O[C@@H](CO)[C@H]([C@H](C)O)[C@H]2C(=O)NC2C[C@H]3C[C@@H]([C@@H]2C)C3(C)C)CCCC1C1CCCC(NCCCC2CCCCC2)C1. The van der Waals surface area contributed by atoms with E-state index in [9.17, 15) is 15.0 Å². The summed E-state index contributed by atoms with van der Waals surface area (Å²) in [5, 5.41) is 30.5. The fraction of sp³-hybridized carbons (Fsp3) is 0.975. The van der Waals surface area contributed by atoms with Crippen LogP contribution < -0.4 is 10.6 Å². The molecule has 7 rings (SSSR count). The predicted octanol–water partition coefficient (Wildman–Crippen LogP) is 6.09. The first-order chi connectivity index (χ1) is 23.1. The minimum absolute atomic E-state index is 0.0567. The van der Waals surface area contributed by atoms with Crippen LogP contribution >= 0.6 is 0 Å². The maximum absolute atomic E-state index is 14.2. The predicted molar refractivity (Wildman–Crippen MR) is 190 cm³/mol. The Hall–Kier alpha value is -0.770. The highest BCUT2D eigenvalue weighted by Gasteiger charge is 2.57. The number of nitrogens with zero attached hydrogens (tertiary/aromatic N) is 1. The second-order valence-corrected chi connectivity index (χ2v) is 18.0. The fourth-order valence-corrected chi connectivity index (χ4v) is 12.1. The van der Waals surface area contributed by atoms with Crippen LogP contribution in [0.15, 0.2) is 0 Å². The molecule has 1 heterocycles. The van der Waals surface area contributed by atoms with E-state index in [2.05, 4.69) is 31.4 Å². The van der Waals surface area contributed by atoms with Gasteiger partial charge in [-0.2, -0.15) is 5.06 Å². The number of hydroxylamine groups is 2. The molecule has 48 heavy (non-hydrogen) atoms. The van der Waals surface area contributed by atoms with Gasteiger partial charge in [0.1, 0.15) is 12.1 Å². The summed E-state index contributed by atoms with van der Waals surface area (Å²) in [5.74, 6) is 3.53. The van der Waals surface area contributed by atoms with Crippen molar-refractivity contribution in [1.82, 2.24) is 15.7 Å². The van der Waals surface area contributed by atoms with Gasteiger partial charge in [-0.25, -0.2) is 0 Å². The molecule has 8 nitrogen and oxygen atoms in total. The van der Waals surface area contributed by atoms with Gasteiger partial charge in [-0.05, 0) is 112 Å². The molecule has 1 aliphatic heterocycles. The zero-order valence-corrected chi connectivity index (χ0v) is 31.1. The van der Waals surface area contributed by atoms with E-state index >= 15 is 0 Å². The van der Waals surface area contributed by atoms with E-state index in [0.717, 1.165) is 31.7 Å². The number of nitrogens with one attached hydrogen (secondary N) is 2. The number of aliphatic hydroxyl groups is 2. The lowest BCUT2D eigenvalue weighted by Gasteiger charge is -2.62. The van der Waals surface area contributed by atoms with Gasteiger partial charge in [-0.15, -0.1) is 0 Å². The molecule has 0 spiro atoms. The van der Waals surface area contributed by atoms with Crippen molar-refractivity contribution in [3.05, 3.63) is 0 Å². The lowest BCUT2D eigenvalue weighted by molar-refractivity contribution is -0.193. The molecule has 2 bridgehead atoms. The number of methoxy groups -OCH3 is 1. The molecule has 6 saturated carbocycles. The first kappa shape index (κ1) is 37.0. The minimum Gasteiger partial charge on any atom is -0.394 e. The Balaban J connectivity index is 1.07. The van der Waals surface area contributed by atoms with Crippen LogP contribution in [0.1, 0.15) is 130 Å². The van der Waals surface area contributed by atoms with Gasteiger partial charge in [0.15, 0.2) is 0 Å². The third-order valence-corrected chi connectivity index (χ3v) is 15.0. The number of hydrogen-bond acceptors (Lipinski definition) is 7. The molecule has 6 unspecified atom stereocenters. The summed E-state index contributed by atoms with van der Waals surface area (Å²) in [6.45, 7) is 10.3. The van der Waals surface area contributed by atoms with Gasteiger partial charge in [-0.1, -0.05) is 65.7 Å². The van der Waals surface area contributed by atoms with Crippen LogP contribution in [-0.4, -0.2) is 84.4 Å². The fourth-order valence-electron chi connectivity index (χ4n) is 12.1. The monoisotopic (exact) mass is 674 g/mol. The van der Waals surface area contributed by atoms with Crippen molar-refractivity contribution in [2.75, 3.05) is 26.8 Å². The standard InChI is InChI=1S/C40H71N3O5/c1-25-33-21-30(40(33,3)4)22-34(25)42-39(46)37-36(26(2)45)35(24-44)48-43(37)23-29-16-10-18-32(38(29)47-5)28-15-9-17-31(20-28)41-19-11-14-27-12-7-6-8-13-27/h25-38,41,44-45H,6-24H2,1-5H3,(H,42,46)/t25-,26-,28?,29?,30+,31?,32?,33-,34?,35-,36-,37-,38?/m0/s1. The molecule has 1 saturated heterocycles. The van der Waals surface area contributed by atoms with Crippen molar-refractivity contribution >= 4 is 5.91 Å². The normalized spacial score (nSPS) is 42.6. The van der Waals surface area contributed by atoms with Crippen molar-refractivity contribution in [2.45, 2.75) is 167 Å². The van der Waals surface area contributed by atoms with Crippen LogP contribution in [0, 0.1) is 52.8 Å². The van der Waals surface area contributed by atoms with Crippen molar-refractivity contribution in [1.29, 1.82) is 0 Å². The maximum atomic E-state index is 14.2. The van der Waals surface area contributed by atoms with Crippen LogP contribution in [0.4, 0.5) is 0 Å². The lowest BCUT2D eigenvalue weighted by atomic mass is 9.45. The maximum Gasteiger partial charge on any atom is 0.240 e. The summed E-state index contributed by atoms with van der Waals surface area (Å²) in [5.41, 5.74) is 0.350. The molecular weight excluding hydrogens is 602 g/mol. The highest BCUT2D eigenvalue weighted by atomic mass is 16.7. The van der Waals surface area contributed by atoms with E-state index in [1.54, 1.807) is 6.92 Å². The second-order valence-electron chi connectivity index (χ2n) is 18.0. The molecule has 0 aromatic carbocycles. The number of fused-ring (bicyclic) bond motifs is 2. The number of carbonyl (C=O) groups is 1. The average molecular weight is 674 g/mol. The summed E-state index contributed by atoms with van der Waals surface area (Å²) in [6, 6.07) is 0.124. The molecule has 0 aromatic heterocycles. The highest BCUT2D eigenvalue weighted by molar-refractivity contribution is 5.82. The summed E-state index contributed by atoms with van der Waals surface area (Å²) in [4.78, 5) is 20.6. The number of aliphatic hydroxyl groups excluding tert-OH is 2. The van der Waals surface area contributed by atoms with Crippen molar-refractivity contribution in [3.63, 3.8) is 0 Å². The number of hydrogen-bond donors (Lipinski definition) is 4. The van der Waals surface area contributed by atoms with Crippen molar-refractivity contribution in [3.8, 4) is 0 Å². The molecule has 0 aromatic rings. The summed E-state index contributed by atoms with van der Waals surface area (Å²) in [6.07, 6.45) is 19.4. The molecule has 6 aliphatic carbocycles. The highest BCUT2D eigenvalue weighted by Crippen LogP contribution is 2.61. The Morgan fingerprint density at radius 3 is 2.48 bits per heavy atom. The molecule has 8 heteroatoms. The Morgan fingerprint density at radius 1 is 1.02 bits per heavy atom. The first-order valence-corrected chi connectivity index (χ1v) is 20.4. The Kier molecular flexibility index (Phi) is 12.5. The number of rotatable bonds is 13. The zero-order valence-electron chi connectivity index (χ0n) is 31.1. The average Bonchev–Trinajstić information content (AvgIpc) is 3.46. The van der Waals surface area contributed by atoms with E-state index in [-0.39, 0.29) is 30.6 Å². The summed E-state index contributed by atoms with van der Waals surface area (Å²) in [7, 11) is 1.88. The van der Waals surface area contributed by atoms with Crippen molar-refractivity contribution < 1.29 is 24.6 Å². The van der Waals surface area contributed by atoms with Gasteiger partial charge in [0.2, 0.25) is 5.91 Å². The minimum atomic E-state index is -0.773. The molecule has 0 radical (unpaired) electrons.